The number of aromatic nitrogens is 2. The third-order valence-corrected chi connectivity index (χ3v) is 6.05. The number of aryl methyl sites for hydroxylation is 1. The molecular formula is C26H20N5OP. The summed E-state index contributed by atoms with van der Waals surface area (Å²) in [6, 6.07) is 31.9. The van der Waals surface area contributed by atoms with Crippen LogP contribution < -0.4 is 9.82 Å². The SMILES string of the molecule is Cc1nn(-c2ccccc2)c2c1C(c1ccccc1)C(C#N)=C(N=PNc1ccccc1)O2. The lowest BCUT2D eigenvalue weighted by molar-refractivity contribution is 0.369. The molecule has 4 aromatic rings. The molecule has 1 atom stereocenters. The normalized spacial score (nSPS) is 15.1. The lowest BCUT2D eigenvalue weighted by atomic mass is 9.84. The Kier molecular flexibility index (Phi) is 5.72. The monoisotopic (exact) mass is 449 g/mol. The lowest BCUT2D eigenvalue weighted by Crippen LogP contribution is -2.16. The molecule has 1 N–H and O–H groups in total. The molecule has 6 nitrogen and oxygen atoms in total. The Labute approximate surface area is 193 Å². The molecule has 1 unspecified atom stereocenters. The van der Waals surface area contributed by atoms with Crippen LogP contribution >= 0.6 is 8.52 Å². The van der Waals surface area contributed by atoms with Gasteiger partial charge in [-0.3, -0.25) is 0 Å². The van der Waals surface area contributed by atoms with Crippen LogP contribution in [0.3, 0.4) is 0 Å². The van der Waals surface area contributed by atoms with Gasteiger partial charge in [-0.05, 0) is 36.8 Å². The highest BCUT2D eigenvalue weighted by Crippen LogP contribution is 2.46. The van der Waals surface area contributed by atoms with Crippen molar-refractivity contribution in [3.63, 3.8) is 0 Å². The molecule has 0 saturated heterocycles. The number of benzene rings is 3. The van der Waals surface area contributed by atoms with Crippen LogP contribution in [0, 0.1) is 18.3 Å². The molecule has 0 aliphatic carbocycles. The zero-order valence-corrected chi connectivity index (χ0v) is 18.8. The Morgan fingerprint density at radius 3 is 2.27 bits per heavy atom. The summed E-state index contributed by atoms with van der Waals surface area (Å²) >= 11 is 0. The zero-order valence-electron chi connectivity index (χ0n) is 17.9. The highest BCUT2D eigenvalue weighted by Gasteiger charge is 2.36. The number of allylic oxidation sites excluding steroid dienone is 1. The highest BCUT2D eigenvalue weighted by molar-refractivity contribution is 7.28. The second-order valence-electron chi connectivity index (χ2n) is 7.51. The molecule has 5 rings (SSSR count). The molecule has 0 saturated carbocycles. The Balaban J connectivity index is 1.63. The number of ether oxygens (including phenoxy) is 1. The summed E-state index contributed by atoms with van der Waals surface area (Å²) in [5.41, 5.74) is 4.97. The minimum atomic E-state index is -0.317. The van der Waals surface area contributed by atoms with Crippen LogP contribution in [0.5, 0.6) is 5.88 Å². The van der Waals surface area contributed by atoms with Gasteiger partial charge in [-0.25, -0.2) is 4.68 Å². The first-order chi connectivity index (χ1) is 16.3. The number of anilines is 1. The van der Waals surface area contributed by atoms with E-state index in [-0.39, 0.29) is 5.92 Å². The molecule has 2 heterocycles. The van der Waals surface area contributed by atoms with Gasteiger partial charge in [-0.2, -0.15) is 15.1 Å². The quantitative estimate of drug-likeness (QED) is 0.349. The molecule has 0 radical (unpaired) electrons. The first kappa shape index (κ1) is 20.7. The van der Waals surface area contributed by atoms with E-state index >= 15 is 0 Å². The van der Waals surface area contributed by atoms with Crippen molar-refractivity contribution in [1.29, 1.82) is 5.26 Å². The van der Waals surface area contributed by atoms with Gasteiger partial charge in [-0.15, -0.1) is 0 Å². The lowest BCUT2D eigenvalue weighted by Gasteiger charge is -2.24. The molecule has 1 aliphatic heterocycles. The highest BCUT2D eigenvalue weighted by atomic mass is 31.1. The third-order valence-electron chi connectivity index (χ3n) is 5.41. The maximum atomic E-state index is 10.2. The van der Waals surface area contributed by atoms with Gasteiger partial charge < -0.3 is 9.82 Å². The fraction of sp³-hybridized carbons (Fsp3) is 0.0769. The Hall–Kier alpha value is -4.20. The molecule has 3 aromatic carbocycles. The number of rotatable bonds is 5. The van der Waals surface area contributed by atoms with E-state index in [9.17, 15) is 5.26 Å². The Bertz CT molecular complexity index is 1370. The molecule has 0 spiro atoms. The maximum Gasteiger partial charge on any atom is 0.241 e. The summed E-state index contributed by atoms with van der Waals surface area (Å²) < 4.78 is 12.7. The van der Waals surface area contributed by atoms with Crippen molar-refractivity contribution in [3.05, 3.63) is 119 Å². The predicted molar refractivity (Wildman–Crippen MR) is 129 cm³/mol. The van der Waals surface area contributed by atoms with Crippen LogP contribution in [0.1, 0.15) is 22.7 Å². The van der Waals surface area contributed by atoms with Crippen LogP contribution in [0.2, 0.25) is 0 Å². The summed E-state index contributed by atoms with van der Waals surface area (Å²) in [7, 11) is 0.560. The van der Waals surface area contributed by atoms with E-state index in [0.717, 1.165) is 28.2 Å². The van der Waals surface area contributed by atoms with Crippen LogP contribution in [-0.2, 0) is 0 Å². The van der Waals surface area contributed by atoms with Crippen molar-refractivity contribution in [2.75, 3.05) is 5.09 Å². The van der Waals surface area contributed by atoms with E-state index in [1.54, 1.807) is 4.68 Å². The first-order valence-electron chi connectivity index (χ1n) is 10.5. The summed E-state index contributed by atoms with van der Waals surface area (Å²) in [5.74, 6) is 0.560. The Morgan fingerprint density at radius 1 is 0.970 bits per heavy atom. The van der Waals surface area contributed by atoms with Gasteiger partial charge in [0, 0.05) is 5.69 Å². The average Bonchev–Trinajstić information content (AvgIpc) is 3.20. The molecule has 160 valence electrons. The van der Waals surface area contributed by atoms with Gasteiger partial charge in [0.1, 0.15) is 20.2 Å². The van der Waals surface area contributed by atoms with E-state index < -0.39 is 0 Å². The molecule has 0 bridgehead atoms. The largest absolute Gasteiger partial charge is 0.419 e. The fourth-order valence-electron chi connectivity index (χ4n) is 3.91. The topological polar surface area (TPSA) is 75.2 Å². The minimum Gasteiger partial charge on any atom is -0.419 e. The first-order valence-corrected chi connectivity index (χ1v) is 11.3. The van der Waals surface area contributed by atoms with E-state index in [0.29, 0.717) is 25.9 Å². The van der Waals surface area contributed by atoms with Gasteiger partial charge >= 0.3 is 0 Å². The minimum absolute atomic E-state index is 0.293. The van der Waals surface area contributed by atoms with Gasteiger partial charge in [0.15, 0.2) is 0 Å². The third kappa shape index (κ3) is 4.03. The molecule has 0 fully saturated rings. The molecule has 0 amide bonds. The van der Waals surface area contributed by atoms with Crippen molar-refractivity contribution < 1.29 is 4.74 Å². The average molecular weight is 449 g/mol. The van der Waals surface area contributed by atoms with E-state index in [1.165, 1.54) is 0 Å². The van der Waals surface area contributed by atoms with Crippen LogP contribution in [0.4, 0.5) is 5.69 Å². The second-order valence-corrected chi connectivity index (χ2v) is 8.13. The van der Waals surface area contributed by atoms with E-state index in [4.69, 9.17) is 9.84 Å². The fourth-order valence-corrected chi connectivity index (χ4v) is 4.47. The molecule has 33 heavy (non-hydrogen) atoms. The number of nitrogens with zero attached hydrogens (tertiary/aromatic N) is 4. The smallest absolute Gasteiger partial charge is 0.241 e. The number of nitriles is 1. The predicted octanol–water partition coefficient (Wildman–Crippen LogP) is 6.60. The van der Waals surface area contributed by atoms with Gasteiger partial charge in [0.05, 0.1) is 22.9 Å². The number of para-hydroxylation sites is 2. The van der Waals surface area contributed by atoms with Crippen LogP contribution in [0.15, 0.2) is 107 Å². The summed E-state index contributed by atoms with van der Waals surface area (Å²) in [6.07, 6.45) is 0. The maximum absolute atomic E-state index is 10.2. The summed E-state index contributed by atoms with van der Waals surface area (Å²) in [6.45, 7) is 1.95. The number of nitrogens with one attached hydrogen (secondary N) is 1. The second kappa shape index (κ2) is 9.12. The van der Waals surface area contributed by atoms with Crippen molar-refractivity contribution in [2.24, 2.45) is 4.74 Å². The molecular weight excluding hydrogens is 429 g/mol. The van der Waals surface area contributed by atoms with Crippen molar-refractivity contribution in [1.82, 2.24) is 9.78 Å². The van der Waals surface area contributed by atoms with Crippen LogP contribution in [0.25, 0.3) is 5.69 Å². The van der Waals surface area contributed by atoms with Gasteiger partial charge in [0.2, 0.25) is 11.8 Å². The summed E-state index contributed by atoms with van der Waals surface area (Å²) in [4.78, 5) is 0. The number of hydrogen-bond acceptors (Lipinski definition) is 4. The van der Waals surface area contributed by atoms with Crippen molar-refractivity contribution >= 4 is 14.2 Å². The van der Waals surface area contributed by atoms with E-state index in [1.807, 2.05) is 97.9 Å². The van der Waals surface area contributed by atoms with Crippen molar-refractivity contribution in [2.45, 2.75) is 12.8 Å². The standard InChI is InChI=1S/C26H20N5OP/c1-18-23-24(19-11-5-2-6-12-19)22(17-27)25(30-33-29-20-13-7-3-8-14-20)32-26(23)31(28-18)21-15-9-4-10-16-21/h2-16,24H,1H3,(H,29,30). The number of hydrogen-bond donors (Lipinski definition) is 1. The number of fused-ring (bicyclic) bond motifs is 1. The molecule has 1 aromatic heterocycles. The molecule has 7 heteroatoms. The summed E-state index contributed by atoms with van der Waals surface area (Å²) in [5, 5.41) is 18.1. The van der Waals surface area contributed by atoms with E-state index in [2.05, 4.69) is 15.9 Å². The van der Waals surface area contributed by atoms with Crippen molar-refractivity contribution in [3.8, 4) is 17.6 Å². The van der Waals surface area contributed by atoms with Crippen LogP contribution in [-0.4, -0.2) is 9.78 Å². The van der Waals surface area contributed by atoms with Gasteiger partial charge in [-0.1, -0.05) is 66.7 Å². The Morgan fingerprint density at radius 2 is 1.61 bits per heavy atom. The molecule has 1 aliphatic rings. The van der Waals surface area contributed by atoms with Gasteiger partial charge in [0.25, 0.3) is 0 Å². The zero-order chi connectivity index (χ0) is 22.6.